The van der Waals surface area contributed by atoms with Crippen LogP contribution in [0.4, 0.5) is 5.69 Å². The van der Waals surface area contributed by atoms with E-state index in [-0.39, 0.29) is 23.8 Å². The number of likely N-dealkylation sites (tertiary alicyclic amines) is 1. The number of aromatic nitrogens is 1. The normalized spacial score (nSPS) is 28.6. The summed E-state index contributed by atoms with van der Waals surface area (Å²) in [6.45, 7) is 3.83. The molecule has 0 bridgehead atoms. The Morgan fingerprint density at radius 3 is 2.68 bits per heavy atom. The Labute approximate surface area is 201 Å². The molecule has 34 heavy (non-hydrogen) atoms. The third-order valence-corrected chi connectivity index (χ3v) is 8.19. The van der Waals surface area contributed by atoms with E-state index in [0.717, 1.165) is 16.5 Å². The van der Waals surface area contributed by atoms with E-state index in [2.05, 4.69) is 15.6 Å². The van der Waals surface area contributed by atoms with Crippen LogP contribution in [0.25, 0.3) is 10.9 Å². The van der Waals surface area contributed by atoms with Crippen molar-refractivity contribution in [2.24, 2.45) is 11.8 Å². The smallest absolute Gasteiger partial charge is 0.250 e. The second-order valence-corrected chi connectivity index (χ2v) is 9.95. The number of halogens is 1. The number of carbonyl (C=O) groups excluding carboxylic acids is 3. The molecule has 3 N–H and O–H groups in total. The molecule has 5 unspecified atom stereocenters. The lowest BCUT2D eigenvalue weighted by molar-refractivity contribution is -0.145. The summed E-state index contributed by atoms with van der Waals surface area (Å²) >= 11 is 6.41. The highest BCUT2D eigenvalue weighted by atomic mass is 35.5. The molecule has 6 rings (SSSR count). The molecule has 7 nitrogen and oxygen atoms in total. The minimum absolute atomic E-state index is 0.207. The number of carbonyl (C=O) groups is 3. The highest BCUT2D eigenvalue weighted by Crippen LogP contribution is 2.54. The Hall–Kier alpha value is -3.16. The Kier molecular flexibility index (Phi) is 4.66. The molecule has 2 fully saturated rings. The summed E-state index contributed by atoms with van der Waals surface area (Å²) in [7, 11) is 0. The minimum Gasteiger partial charge on any atom is -0.361 e. The third-order valence-electron chi connectivity index (χ3n) is 7.88. The van der Waals surface area contributed by atoms with E-state index in [9.17, 15) is 14.4 Å². The van der Waals surface area contributed by atoms with Crippen LogP contribution in [-0.2, 0) is 26.3 Å². The van der Waals surface area contributed by atoms with E-state index in [4.69, 9.17) is 11.6 Å². The van der Waals surface area contributed by atoms with Crippen LogP contribution in [0.5, 0.6) is 0 Å². The molecule has 3 aliphatic heterocycles. The molecular formula is C26H25ClN4O3. The lowest BCUT2D eigenvalue weighted by Gasteiger charge is -2.31. The summed E-state index contributed by atoms with van der Waals surface area (Å²) < 4.78 is 0. The third kappa shape index (κ3) is 2.65. The molecule has 2 aromatic carbocycles. The van der Waals surface area contributed by atoms with Crippen LogP contribution in [-0.4, -0.2) is 39.7 Å². The molecule has 5 atom stereocenters. The number of para-hydroxylation sites is 2. The molecule has 0 aliphatic carbocycles. The number of nitrogens with one attached hydrogen (secondary N) is 3. The van der Waals surface area contributed by atoms with Gasteiger partial charge in [-0.05, 0) is 37.5 Å². The molecule has 3 aliphatic rings. The van der Waals surface area contributed by atoms with Crippen molar-refractivity contribution in [2.45, 2.75) is 44.3 Å². The Morgan fingerprint density at radius 2 is 1.88 bits per heavy atom. The highest BCUT2D eigenvalue weighted by Gasteiger charge is 2.70. The monoisotopic (exact) mass is 476 g/mol. The van der Waals surface area contributed by atoms with Crippen molar-refractivity contribution in [2.75, 3.05) is 5.32 Å². The van der Waals surface area contributed by atoms with E-state index in [1.807, 2.05) is 50.4 Å². The molecular weight excluding hydrogens is 452 g/mol. The van der Waals surface area contributed by atoms with Gasteiger partial charge in [0.15, 0.2) is 0 Å². The first-order valence-corrected chi connectivity index (χ1v) is 12.1. The topological polar surface area (TPSA) is 94.3 Å². The summed E-state index contributed by atoms with van der Waals surface area (Å²) in [6, 6.07) is 12.7. The molecule has 4 heterocycles. The van der Waals surface area contributed by atoms with Gasteiger partial charge in [-0.2, -0.15) is 0 Å². The summed E-state index contributed by atoms with van der Waals surface area (Å²) in [6.07, 6.45) is 3.10. The van der Waals surface area contributed by atoms with Crippen LogP contribution in [0.15, 0.2) is 48.7 Å². The Bertz CT molecular complexity index is 1370. The molecule has 3 amide bonds. The van der Waals surface area contributed by atoms with Crippen LogP contribution >= 0.6 is 11.6 Å². The maximum Gasteiger partial charge on any atom is 0.250 e. The van der Waals surface area contributed by atoms with Crippen molar-refractivity contribution in [3.63, 3.8) is 0 Å². The number of hydrogen-bond donors (Lipinski definition) is 3. The zero-order valence-electron chi connectivity index (χ0n) is 18.9. The van der Waals surface area contributed by atoms with Crippen LogP contribution in [0, 0.1) is 11.8 Å². The Morgan fingerprint density at radius 1 is 1.09 bits per heavy atom. The van der Waals surface area contributed by atoms with E-state index in [0.29, 0.717) is 29.1 Å². The quantitative estimate of drug-likeness (QED) is 0.502. The fourth-order valence-corrected chi connectivity index (χ4v) is 6.37. The van der Waals surface area contributed by atoms with Crippen LogP contribution < -0.4 is 10.6 Å². The van der Waals surface area contributed by atoms with Crippen molar-refractivity contribution in [3.05, 3.63) is 64.8 Å². The van der Waals surface area contributed by atoms with Crippen molar-refractivity contribution in [1.29, 1.82) is 0 Å². The largest absolute Gasteiger partial charge is 0.361 e. The standard InChI is InChI=1S/C26H25ClN4O3/c1-3-13(2)31-23(32)20-19(11-14-12-28-18-10-5-4-7-15(14)18)30-26(21(20)24(31)33)16-8-6-9-17(27)22(16)29-25(26)34/h4-10,12-13,19-21,28,30H,3,11H2,1-2H3,(H,29,34). The number of fused-ring (bicyclic) bond motifs is 5. The fraction of sp³-hybridized carbons (Fsp3) is 0.346. The van der Waals surface area contributed by atoms with Crippen molar-refractivity contribution < 1.29 is 14.4 Å². The molecule has 1 spiro atoms. The minimum atomic E-state index is -1.34. The number of nitrogens with zero attached hydrogens (tertiary/aromatic N) is 1. The summed E-state index contributed by atoms with van der Waals surface area (Å²) in [5, 5.41) is 7.86. The number of benzene rings is 2. The zero-order chi connectivity index (χ0) is 23.8. The summed E-state index contributed by atoms with van der Waals surface area (Å²) in [5.74, 6) is -2.31. The van der Waals surface area contributed by atoms with E-state index in [1.165, 1.54) is 4.90 Å². The van der Waals surface area contributed by atoms with Gasteiger partial charge in [0.25, 0.3) is 0 Å². The molecule has 2 saturated heterocycles. The number of aromatic amines is 1. The molecule has 3 aromatic rings. The van der Waals surface area contributed by atoms with Gasteiger partial charge in [0.2, 0.25) is 17.7 Å². The van der Waals surface area contributed by atoms with Crippen LogP contribution in [0.3, 0.4) is 0 Å². The molecule has 1 aromatic heterocycles. The number of hydrogen-bond acceptors (Lipinski definition) is 4. The van der Waals surface area contributed by atoms with E-state index >= 15 is 0 Å². The van der Waals surface area contributed by atoms with Gasteiger partial charge in [0.05, 0.1) is 22.5 Å². The molecule has 8 heteroatoms. The van der Waals surface area contributed by atoms with Gasteiger partial charge < -0.3 is 10.3 Å². The number of rotatable bonds is 4. The van der Waals surface area contributed by atoms with Gasteiger partial charge in [-0.1, -0.05) is 48.9 Å². The predicted molar refractivity (Wildman–Crippen MR) is 129 cm³/mol. The van der Waals surface area contributed by atoms with E-state index < -0.39 is 23.4 Å². The van der Waals surface area contributed by atoms with Crippen LogP contribution in [0.1, 0.15) is 31.4 Å². The first-order valence-electron chi connectivity index (χ1n) is 11.7. The molecule has 0 saturated carbocycles. The average molecular weight is 477 g/mol. The van der Waals surface area contributed by atoms with Gasteiger partial charge in [-0.25, -0.2) is 0 Å². The number of H-pyrrole nitrogens is 1. The maximum absolute atomic E-state index is 13.8. The van der Waals surface area contributed by atoms with Gasteiger partial charge in [-0.15, -0.1) is 0 Å². The van der Waals surface area contributed by atoms with Crippen molar-refractivity contribution in [1.82, 2.24) is 15.2 Å². The second-order valence-electron chi connectivity index (χ2n) is 9.55. The number of imide groups is 1. The summed E-state index contributed by atoms with van der Waals surface area (Å²) in [4.78, 5) is 45.8. The first-order chi connectivity index (χ1) is 16.4. The van der Waals surface area contributed by atoms with Gasteiger partial charge in [0, 0.05) is 34.7 Å². The summed E-state index contributed by atoms with van der Waals surface area (Å²) in [5.41, 5.74) is 1.85. The SMILES string of the molecule is CCC(C)N1C(=O)C2C(Cc3c[nH]c4ccccc34)NC3(C(=O)Nc4c(Cl)cccc43)C2C1=O. The Balaban J connectivity index is 1.50. The molecule has 174 valence electrons. The zero-order valence-corrected chi connectivity index (χ0v) is 19.6. The van der Waals surface area contributed by atoms with Gasteiger partial charge in [-0.3, -0.25) is 24.6 Å². The lowest BCUT2D eigenvalue weighted by Crippen LogP contribution is -2.54. The maximum atomic E-state index is 13.8. The fourth-order valence-electron chi connectivity index (χ4n) is 6.14. The first kappa shape index (κ1) is 21.4. The predicted octanol–water partition coefficient (Wildman–Crippen LogP) is 3.58. The highest BCUT2D eigenvalue weighted by molar-refractivity contribution is 6.35. The van der Waals surface area contributed by atoms with Crippen LogP contribution in [0.2, 0.25) is 5.02 Å². The van der Waals surface area contributed by atoms with Crippen molar-refractivity contribution in [3.8, 4) is 0 Å². The van der Waals surface area contributed by atoms with Gasteiger partial charge >= 0.3 is 0 Å². The second kappa shape index (κ2) is 7.42. The molecule has 0 radical (unpaired) electrons. The van der Waals surface area contributed by atoms with E-state index in [1.54, 1.807) is 12.1 Å². The number of anilines is 1. The average Bonchev–Trinajstić information content (AvgIpc) is 3.54. The number of amides is 3. The lowest BCUT2D eigenvalue weighted by atomic mass is 9.76. The van der Waals surface area contributed by atoms with Gasteiger partial charge in [0.1, 0.15) is 5.54 Å². The van der Waals surface area contributed by atoms with Crippen molar-refractivity contribution >= 4 is 45.9 Å².